The van der Waals surface area contributed by atoms with Crippen molar-refractivity contribution in [3.8, 4) is 0 Å². The number of aliphatic hydroxyl groups is 3. The molecular weight excluding hydrogens is 332 g/mol. The Kier molecular flexibility index (Phi) is 3.89. The van der Waals surface area contributed by atoms with E-state index in [-0.39, 0.29) is 17.8 Å². The summed E-state index contributed by atoms with van der Waals surface area (Å²) in [6.45, 7) is 3.30. The maximum Gasteiger partial charge on any atom is 0.194 e. The molecule has 5 nitrogen and oxygen atoms in total. The number of hydrogen-bond donors (Lipinski definition) is 3. The molecule has 2 unspecified atom stereocenters. The number of Topliss-reactive ketones (excluding diaryl/α,β-unsaturated/α-hetero) is 2. The number of fused-ring (bicyclic) bond motifs is 4. The maximum atomic E-state index is 12.3. The average molecular weight is 360 g/mol. The molecule has 26 heavy (non-hydrogen) atoms. The number of carbonyl (C=O) groups excluding carboxylic acids is 2. The van der Waals surface area contributed by atoms with E-state index < -0.39 is 29.5 Å². The van der Waals surface area contributed by atoms with E-state index >= 15 is 0 Å². The molecule has 0 spiro atoms. The van der Waals surface area contributed by atoms with E-state index in [1.807, 2.05) is 13.0 Å². The van der Waals surface area contributed by atoms with Crippen molar-refractivity contribution >= 4 is 11.6 Å². The van der Waals surface area contributed by atoms with E-state index in [0.717, 1.165) is 30.4 Å². The molecule has 4 aliphatic rings. The van der Waals surface area contributed by atoms with Crippen LogP contribution in [0, 0.1) is 22.7 Å². The third kappa shape index (κ3) is 2.08. The second-order valence-corrected chi connectivity index (χ2v) is 9.19. The molecule has 6 atom stereocenters. The van der Waals surface area contributed by atoms with Crippen LogP contribution in [0.3, 0.4) is 0 Å². The summed E-state index contributed by atoms with van der Waals surface area (Å²) in [6.07, 6.45) is 6.59. The first-order valence-electron chi connectivity index (χ1n) is 9.66. The minimum absolute atomic E-state index is 0.0337. The van der Waals surface area contributed by atoms with E-state index in [4.69, 9.17) is 0 Å². The molecule has 142 valence electrons. The van der Waals surface area contributed by atoms with Gasteiger partial charge >= 0.3 is 0 Å². The van der Waals surface area contributed by atoms with Gasteiger partial charge in [0.1, 0.15) is 12.4 Å². The van der Waals surface area contributed by atoms with Crippen molar-refractivity contribution in [3.63, 3.8) is 0 Å². The molecule has 0 aromatic heterocycles. The number of carbonyl (C=O) groups is 2. The summed E-state index contributed by atoms with van der Waals surface area (Å²) < 4.78 is 0. The summed E-state index contributed by atoms with van der Waals surface area (Å²) in [5.41, 5.74) is -0.710. The lowest BCUT2D eigenvalue weighted by atomic mass is 9.48. The molecular formula is C21H28O5. The number of hydrogen-bond acceptors (Lipinski definition) is 5. The Balaban J connectivity index is 1.81. The van der Waals surface area contributed by atoms with Gasteiger partial charge in [0, 0.05) is 24.2 Å². The standard InChI is InChI=1S/C21H28O5/c1-19-7-5-13(23)9-12(19)3-4-14-15-6-8-21(26,17(25)11-22)20(15,2)10-16(24)18(14)19/h6,8,12,16,18,22,24,26H,3-5,7,9-11H2,1-2H3/t12?,16?,18-,19+,20+,21+/m1/s1. The van der Waals surface area contributed by atoms with Crippen LogP contribution >= 0.6 is 0 Å². The summed E-state index contributed by atoms with van der Waals surface area (Å²) >= 11 is 0. The van der Waals surface area contributed by atoms with Gasteiger partial charge in [-0.1, -0.05) is 25.5 Å². The summed E-state index contributed by atoms with van der Waals surface area (Å²) in [6, 6.07) is 0. The Hall–Kier alpha value is -1.30. The zero-order chi connectivity index (χ0) is 18.9. The number of ketones is 2. The summed E-state index contributed by atoms with van der Waals surface area (Å²) in [5.74, 6) is -0.0443. The topological polar surface area (TPSA) is 94.8 Å². The van der Waals surface area contributed by atoms with Crippen LogP contribution in [-0.2, 0) is 9.59 Å². The van der Waals surface area contributed by atoms with Crippen LogP contribution in [-0.4, -0.2) is 45.2 Å². The molecule has 0 radical (unpaired) electrons. The van der Waals surface area contributed by atoms with Crippen molar-refractivity contribution in [1.82, 2.24) is 0 Å². The zero-order valence-electron chi connectivity index (χ0n) is 15.5. The van der Waals surface area contributed by atoms with Gasteiger partial charge in [-0.25, -0.2) is 0 Å². The van der Waals surface area contributed by atoms with E-state index in [0.29, 0.717) is 24.5 Å². The average Bonchev–Trinajstić information content (AvgIpc) is 2.86. The van der Waals surface area contributed by atoms with Crippen molar-refractivity contribution in [2.75, 3.05) is 6.61 Å². The highest BCUT2D eigenvalue weighted by molar-refractivity contribution is 5.93. The van der Waals surface area contributed by atoms with Gasteiger partial charge in [0.25, 0.3) is 0 Å². The van der Waals surface area contributed by atoms with Gasteiger partial charge in [0.15, 0.2) is 11.4 Å². The van der Waals surface area contributed by atoms with Crippen molar-refractivity contribution in [3.05, 3.63) is 23.3 Å². The Bertz CT molecular complexity index is 737. The fraction of sp³-hybridized carbons (Fsp3) is 0.714. The van der Waals surface area contributed by atoms with Crippen LogP contribution in [0.4, 0.5) is 0 Å². The Morgan fingerprint density at radius 2 is 2.04 bits per heavy atom. The molecule has 0 aliphatic heterocycles. The maximum absolute atomic E-state index is 12.3. The summed E-state index contributed by atoms with van der Waals surface area (Å²) in [7, 11) is 0. The SMILES string of the molecule is C[C@]12CCC(=O)CC1CCC1=C3C=C[C@](O)(C(=O)CO)[C@@]3(C)CC(O)[C@@H]12. The summed E-state index contributed by atoms with van der Waals surface area (Å²) in [4.78, 5) is 24.2. The number of aliphatic hydroxyl groups excluding tert-OH is 2. The van der Waals surface area contributed by atoms with Crippen LogP contribution in [0.2, 0.25) is 0 Å². The first-order chi connectivity index (χ1) is 12.2. The first kappa shape index (κ1) is 18.1. The van der Waals surface area contributed by atoms with Crippen molar-refractivity contribution in [2.45, 2.75) is 64.1 Å². The van der Waals surface area contributed by atoms with Crippen LogP contribution in [0.15, 0.2) is 23.3 Å². The minimum Gasteiger partial charge on any atom is -0.392 e. The minimum atomic E-state index is -1.77. The molecule has 0 saturated heterocycles. The molecule has 2 saturated carbocycles. The highest BCUT2D eigenvalue weighted by Crippen LogP contribution is 2.63. The molecule has 5 heteroatoms. The van der Waals surface area contributed by atoms with Gasteiger partial charge in [-0.2, -0.15) is 0 Å². The molecule has 4 rings (SSSR count). The Labute approximate surface area is 153 Å². The first-order valence-corrected chi connectivity index (χ1v) is 9.66. The predicted octanol–water partition coefficient (Wildman–Crippen LogP) is 1.70. The van der Waals surface area contributed by atoms with Crippen LogP contribution in [0.1, 0.15) is 52.4 Å². The summed E-state index contributed by atoms with van der Waals surface area (Å²) in [5, 5.41) is 31.5. The van der Waals surface area contributed by atoms with Gasteiger partial charge in [-0.3, -0.25) is 9.59 Å². The van der Waals surface area contributed by atoms with Gasteiger partial charge in [-0.05, 0) is 48.7 Å². The fourth-order valence-corrected chi connectivity index (χ4v) is 6.48. The van der Waals surface area contributed by atoms with E-state index in [2.05, 4.69) is 6.92 Å². The monoisotopic (exact) mass is 360 g/mol. The lowest BCUT2D eigenvalue weighted by molar-refractivity contribution is -0.149. The van der Waals surface area contributed by atoms with Crippen molar-refractivity contribution < 1.29 is 24.9 Å². The van der Waals surface area contributed by atoms with Crippen molar-refractivity contribution in [1.29, 1.82) is 0 Å². The lowest BCUT2D eigenvalue weighted by Gasteiger charge is -2.57. The number of rotatable bonds is 2. The Morgan fingerprint density at radius 1 is 1.31 bits per heavy atom. The third-order valence-corrected chi connectivity index (χ3v) is 8.04. The van der Waals surface area contributed by atoms with E-state index in [9.17, 15) is 24.9 Å². The zero-order valence-corrected chi connectivity index (χ0v) is 15.5. The Morgan fingerprint density at radius 3 is 2.73 bits per heavy atom. The van der Waals surface area contributed by atoms with E-state index in [1.54, 1.807) is 0 Å². The molecule has 0 aromatic rings. The van der Waals surface area contributed by atoms with Crippen LogP contribution in [0.25, 0.3) is 0 Å². The third-order valence-electron chi connectivity index (χ3n) is 8.04. The normalized spacial score (nSPS) is 47.4. The predicted molar refractivity (Wildman–Crippen MR) is 95.1 cm³/mol. The molecule has 0 aromatic carbocycles. The van der Waals surface area contributed by atoms with Crippen molar-refractivity contribution in [2.24, 2.45) is 22.7 Å². The highest BCUT2D eigenvalue weighted by atomic mass is 16.3. The van der Waals surface area contributed by atoms with Gasteiger partial charge in [-0.15, -0.1) is 0 Å². The largest absolute Gasteiger partial charge is 0.392 e. The molecule has 0 heterocycles. The fourth-order valence-electron chi connectivity index (χ4n) is 6.48. The van der Waals surface area contributed by atoms with Gasteiger partial charge < -0.3 is 15.3 Å². The van der Waals surface area contributed by atoms with Crippen LogP contribution in [0.5, 0.6) is 0 Å². The van der Waals surface area contributed by atoms with Crippen LogP contribution < -0.4 is 0 Å². The van der Waals surface area contributed by atoms with E-state index in [1.165, 1.54) is 6.08 Å². The number of allylic oxidation sites excluding steroid dienone is 1. The molecule has 4 aliphatic carbocycles. The lowest BCUT2D eigenvalue weighted by Crippen LogP contribution is -2.58. The molecule has 3 N–H and O–H groups in total. The molecule has 0 bridgehead atoms. The second kappa shape index (κ2) is 5.60. The van der Waals surface area contributed by atoms with Gasteiger partial charge in [0.05, 0.1) is 6.10 Å². The molecule has 0 amide bonds. The molecule has 2 fully saturated rings. The highest BCUT2D eigenvalue weighted by Gasteiger charge is 2.62. The second-order valence-electron chi connectivity index (χ2n) is 9.19. The smallest absolute Gasteiger partial charge is 0.194 e. The quantitative estimate of drug-likeness (QED) is 0.697. The van der Waals surface area contributed by atoms with Gasteiger partial charge in [0.2, 0.25) is 0 Å².